The predicted molar refractivity (Wildman–Crippen MR) is 59.4 cm³/mol. The van der Waals surface area contributed by atoms with Crippen LogP contribution in [-0.2, 0) is 43.8 Å². The van der Waals surface area contributed by atoms with Crippen LogP contribution in [0.3, 0.4) is 0 Å². The Morgan fingerprint density at radius 2 is 1.48 bits per heavy atom. The molecule has 0 fully saturated rings. The summed E-state index contributed by atoms with van der Waals surface area (Å²) in [7, 11) is 1.62. The first-order valence-electron chi connectivity index (χ1n) is 4.13. The van der Waals surface area contributed by atoms with Crippen LogP contribution in [0, 0.1) is 33.3 Å². The van der Waals surface area contributed by atoms with E-state index in [1.54, 1.807) is 19.6 Å². The number of rotatable bonds is 3. The number of methoxy groups -OCH3 is 1. The van der Waals surface area contributed by atoms with Gasteiger partial charge in [0.15, 0.2) is 0 Å². The van der Waals surface area contributed by atoms with E-state index in [-0.39, 0.29) is 0 Å². The van der Waals surface area contributed by atoms with Crippen molar-refractivity contribution in [2.45, 2.75) is 0 Å². The monoisotopic (exact) mass is 328 g/mol. The van der Waals surface area contributed by atoms with Crippen LogP contribution in [-0.4, -0.2) is 11.7 Å². The summed E-state index contributed by atoms with van der Waals surface area (Å²) in [6.07, 6.45) is 7.04. The quantitative estimate of drug-likeness (QED) is 0.615. The Hall–Kier alpha value is -1.92. The standard InChI is InChI=1S/C8H8O2.5CO.Cr/c1-9-5-2-3-8-4-6-10-7-8;5*1-2;/h2-4,6-7H,1H3;;;;;;/b3-2+;;;;;;. The molecule has 108 valence electrons. The molecule has 21 heavy (non-hydrogen) atoms. The first-order valence-corrected chi connectivity index (χ1v) is 4.77. The van der Waals surface area contributed by atoms with Crippen molar-refractivity contribution in [1.29, 1.82) is 0 Å². The van der Waals surface area contributed by atoms with Gasteiger partial charge in [0.25, 0.3) is 0 Å². The van der Waals surface area contributed by atoms with Gasteiger partial charge in [0.1, 0.15) is 0 Å². The fourth-order valence-electron chi connectivity index (χ4n) is 0.602. The Morgan fingerprint density at radius 1 is 1.05 bits per heavy atom. The summed E-state index contributed by atoms with van der Waals surface area (Å²) in [6.45, 7) is 22.5. The maximum absolute atomic E-state index is 7.50. The van der Waals surface area contributed by atoms with E-state index >= 15 is 0 Å². The Balaban J connectivity index is -0.0000000727. The molecule has 0 aliphatic heterocycles. The molecule has 1 heterocycles. The third-order valence-corrected chi connectivity index (χ3v) is 1.63. The van der Waals surface area contributed by atoms with Crippen LogP contribution >= 0.6 is 0 Å². The molecule has 0 atom stereocenters. The summed E-state index contributed by atoms with van der Waals surface area (Å²) in [4.78, 5) is 0. The van der Waals surface area contributed by atoms with Crippen molar-refractivity contribution in [3.8, 4) is 0 Å². The van der Waals surface area contributed by atoms with Gasteiger partial charge in [0.05, 0.1) is 0 Å². The van der Waals surface area contributed by atoms with Crippen molar-refractivity contribution in [3.05, 3.63) is 63.5 Å². The van der Waals surface area contributed by atoms with E-state index in [1.807, 2.05) is 18.2 Å². The normalized spacial score (nSPS) is 6.05. The molecule has 0 saturated carbocycles. The molecule has 0 saturated heterocycles. The summed E-state index contributed by atoms with van der Waals surface area (Å²) in [5.41, 5.74) is 1.02. The minimum absolute atomic E-state index is 0.756. The molecule has 8 heteroatoms. The van der Waals surface area contributed by atoms with Gasteiger partial charge >= 0.3 is 130 Å². The van der Waals surface area contributed by atoms with Crippen LogP contribution in [0.1, 0.15) is 5.56 Å². The van der Waals surface area contributed by atoms with Gasteiger partial charge in [0.2, 0.25) is 0 Å². The number of furan rings is 1. The third kappa shape index (κ3) is 32.0. The van der Waals surface area contributed by atoms with Gasteiger partial charge in [-0.2, -0.15) is 0 Å². The molecule has 1 aromatic rings. The molecule has 0 aliphatic rings. The van der Waals surface area contributed by atoms with Crippen molar-refractivity contribution in [3.63, 3.8) is 0 Å². The van der Waals surface area contributed by atoms with E-state index in [0.29, 0.717) is 0 Å². The second-order valence-electron chi connectivity index (χ2n) is 1.91. The third-order valence-electron chi connectivity index (χ3n) is 1.16. The molecule has 0 bridgehead atoms. The molecule has 0 unspecified atom stereocenters. The minimum atomic E-state index is 0.756. The van der Waals surface area contributed by atoms with Gasteiger partial charge in [-0.05, 0) is 0 Å². The van der Waals surface area contributed by atoms with Crippen LogP contribution in [0.2, 0.25) is 0 Å². The van der Waals surface area contributed by atoms with E-state index in [1.165, 1.54) is 0 Å². The Bertz CT molecular complexity index is 400. The maximum atomic E-state index is 7.50. The molecular formula is C13H8CrO7. The van der Waals surface area contributed by atoms with Gasteiger partial charge < -0.3 is 0 Å². The van der Waals surface area contributed by atoms with Crippen molar-refractivity contribution < 1.29 is 48.3 Å². The Morgan fingerprint density at radius 3 is 1.76 bits per heavy atom. The van der Waals surface area contributed by atoms with Crippen LogP contribution in [0.5, 0.6) is 0 Å². The number of hydrogen-bond donors (Lipinski definition) is 0. The van der Waals surface area contributed by atoms with Crippen LogP contribution in [0.15, 0.2) is 29.1 Å². The van der Waals surface area contributed by atoms with E-state index in [0.717, 1.165) is 10.1 Å². The molecule has 7 nitrogen and oxygen atoms in total. The van der Waals surface area contributed by atoms with Crippen molar-refractivity contribution in [2.24, 2.45) is 0 Å². The predicted octanol–water partition coefficient (Wildman–Crippen LogP) is 1.43. The van der Waals surface area contributed by atoms with E-state index in [9.17, 15) is 0 Å². The molecule has 0 spiro atoms. The van der Waals surface area contributed by atoms with Crippen LogP contribution < -0.4 is 0 Å². The summed E-state index contributed by atoms with van der Waals surface area (Å²) >= 11 is 2.77. The zero-order valence-electron chi connectivity index (χ0n) is 10.7. The molecular weight excluding hydrogens is 320 g/mol. The summed E-state index contributed by atoms with van der Waals surface area (Å²) in [6, 6.07) is 1.87. The zero-order chi connectivity index (χ0) is 18.1. The van der Waals surface area contributed by atoms with Crippen molar-refractivity contribution in [2.75, 3.05) is 7.11 Å². The van der Waals surface area contributed by atoms with Gasteiger partial charge in [-0.25, -0.2) is 0 Å². The SMILES string of the molecule is CO[C](=[Cr])/C=C/c1ccoc1.[C-]#[O+].[C-]#[O+].[C-]#[O+].[C-]#[O+].[C-]#[O+]. The molecule has 0 N–H and O–H groups in total. The first-order chi connectivity index (χ1) is 10.3. The van der Waals surface area contributed by atoms with Crippen LogP contribution in [0.4, 0.5) is 0 Å². The molecule has 0 aromatic carbocycles. The van der Waals surface area contributed by atoms with E-state index < -0.39 is 0 Å². The van der Waals surface area contributed by atoms with Gasteiger partial charge in [-0.1, -0.05) is 0 Å². The topological polar surface area (TPSA) is 122 Å². The average Bonchev–Trinajstić information content (AvgIpc) is 3.15. The summed E-state index contributed by atoms with van der Waals surface area (Å²) in [5, 5.41) is 0. The van der Waals surface area contributed by atoms with Crippen molar-refractivity contribution >= 4 is 10.6 Å². The number of hydrogen-bond acceptors (Lipinski definition) is 2. The van der Waals surface area contributed by atoms with E-state index in [2.05, 4.69) is 49.1 Å². The molecule has 0 amide bonds. The molecule has 1 rings (SSSR count). The van der Waals surface area contributed by atoms with Gasteiger partial charge in [-0.3, -0.25) is 0 Å². The summed E-state index contributed by atoms with van der Waals surface area (Å²) < 4.78 is 48.0. The zero-order valence-corrected chi connectivity index (χ0v) is 11.9. The summed E-state index contributed by atoms with van der Waals surface area (Å²) in [5.74, 6) is 0. The average molecular weight is 328 g/mol. The van der Waals surface area contributed by atoms with Gasteiger partial charge in [-0.15, -0.1) is 0 Å². The molecule has 1 aromatic heterocycles. The fourth-order valence-corrected chi connectivity index (χ4v) is 0.708. The number of ether oxygens (including phenoxy) is 1. The first kappa shape index (κ1) is 31.5. The second-order valence-corrected chi connectivity index (χ2v) is 2.54. The second kappa shape index (κ2) is 43.0. The molecule has 0 aliphatic carbocycles. The Labute approximate surface area is 130 Å². The van der Waals surface area contributed by atoms with Gasteiger partial charge in [0, 0.05) is 0 Å². The van der Waals surface area contributed by atoms with E-state index in [4.69, 9.17) is 32.4 Å². The fraction of sp³-hybridized carbons (Fsp3) is 0.0769. The Kier molecular flexibility index (Phi) is 64.4. The van der Waals surface area contributed by atoms with Crippen LogP contribution in [0.25, 0.3) is 6.08 Å². The molecule has 0 radical (unpaired) electrons. The van der Waals surface area contributed by atoms with Crippen molar-refractivity contribution in [1.82, 2.24) is 0 Å².